The van der Waals surface area contributed by atoms with Gasteiger partial charge in [0.15, 0.2) is 0 Å². The lowest BCUT2D eigenvalue weighted by atomic mass is 9.94. The lowest BCUT2D eigenvalue weighted by Crippen LogP contribution is -2.29. The van der Waals surface area contributed by atoms with E-state index in [1.165, 1.54) is 0 Å². The quantitative estimate of drug-likeness (QED) is 0.774. The van der Waals surface area contributed by atoms with Gasteiger partial charge in [0.2, 0.25) is 5.91 Å². The maximum atomic E-state index is 11.8. The standard InChI is InChI=1S/C14H25N3O/c1-11(2)7-12(9-15)8-14(18)16-10-13-5-4-6-17(13)3/h4-6,11-12H,7-10,15H2,1-3H3,(H,16,18)/t12-/m0/s1. The summed E-state index contributed by atoms with van der Waals surface area (Å²) in [7, 11) is 1.98. The summed E-state index contributed by atoms with van der Waals surface area (Å²) in [5, 5.41) is 2.95. The van der Waals surface area contributed by atoms with E-state index < -0.39 is 0 Å². The van der Waals surface area contributed by atoms with Crippen LogP contribution in [-0.4, -0.2) is 17.0 Å². The number of rotatable bonds is 7. The number of aromatic nitrogens is 1. The van der Waals surface area contributed by atoms with Gasteiger partial charge in [-0.05, 0) is 36.9 Å². The monoisotopic (exact) mass is 251 g/mol. The average molecular weight is 251 g/mol. The molecule has 1 aromatic rings. The van der Waals surface area contributed by atoms with Crippen molar-refractivity contribution < 1.29 is 4.79 Å². The summed E-state index contributed by atoms with van der Waals surface area (Å²) < 4.78 is 2.01. The third-order valence-electron chi connectivity index (χ3n) is 3.13. The Kier molecular flexibility index (Phi) is 5.92. The fourth-order valence-electron chi connectivity index (χ4n) is 2.13. The number of carbonyl (C=O) groups is 1. The van der Waals surface area contributed by atoms with Crippen LogP contribution in [0.3, 0.4) is 0 Å². The molecule has 0 radical (unpaired) electrons. The lowest BCUT2D eigenvalue weighted by molar-refractivity contribution is -0.122. The summed E-state index contributed by atoms with van der Waals surface area (Å²) in [6.45, 7) is 5.48. The first-order valence-electron chi connectivity index (χ1n) is 6.60. The minimum atomic E-state index is 0.0901. The molecule has 102 valence electrons. The second kappa shape index (κ2) is 7.21. The number of nitrogens with one attached hydrogen (secondary N) is 1. The van der Waals surface area contributed by atoms with Gasteiger partial charge in [-0.25, -0.2) is 0 Å². The molecule has 1 rings (SSSR count). The number of carbonyl (C=O) groups excluding carboxylic acids is 1. The summed E-state index contributed by atoms with van der Waals surface area (Å²) in [6, 6.07) is 3.98. The Bertz CT molecular complexity index is 371. The summed E-state index contributed by atoms with van der Waals surface area (Å²) in [5.74, 6) is 0.963. The average Bonchev–Trinajstić information content (AvgIpc) is 2.70. The molecule has 3 N–H and O–H groups in total. The molecule has 0 saturated carbocycles. The van der Waals surface area contributed by atoms with Crippen LogP contribution < -0.4 is 11.1 Å². The number of hydrogen-bond donors (Lipinski definition) is 2. The zero-order valence-corrected chi connectivity index (χ0v) is 11.6. The van der Waals surface area contributed by atoms with Crippen molar-refractivity contribution in [3.63, 3.8) is 0 Å². The molecular weight excluding hydrogens is 226 g/mol. The molecule has 4 heteroatoms. The molecule has 0 aliphatic carbocycles. The van der Waals surface area contributed by atoms with E-state index in [1.807, 2.05) is 29.9 Å². The first-order chi connectivity index (χ1) is 8.52. The highest BCUT2D eigenvalue weighted by atomic mass is 16.1. The molecule has 0 fully saturated rings. The van der Waals surface area contributed by atoms with Gasteiger partial charge in [0, 0.05) is 25.4 Å². The summed E-state index contributed by atoms with van der Waals surface area (Å²) in [6.07, 6.45) is 3.51. The van der Waals surface area contributed by atoms with Crippen molar-refractivity contribution >= 4 is 5.91 Å². The molecular formula is C14H25N3O. The van der Waals surface area contributed by atoms with Crippen LogP contribution in [0.1, 0.15) is 32.4 Å². The number of nitrogens with zero attached hydrogens (tertiary/aromatic N) is 1. The third kappa shape index (κ3) is 4.92. The maximum absolute atomic E-state index is 11.8. The number of nitrogens with two attached hydrogens (primary N) is 1. The van der Waals surface area contributed by atoms with E-state index in [0.29, 0.717) is 31.3 Å². The molecule has 1 aromatic heterocycles. The van der Waals surface area contributed by atoms with E-state index in [4.69, 9.17) is 5.73 Å². The van der Waals surface area contributed by atoms with Gasteiger partial charge < -0.3 is 15.6 Å². The van der Waals surface area contributed by atoms with Gasteiger partial charge in [0.25, 0.3) is 0 Å². The van der Waals surface area contributed by atoms with Gasteiger partial charge in [-0.3, -0.25) is 4.79 Å². The third-order valence-corrected chi connectivity index (χ3v) is 3.13. The molecule has 18 heavy (non-hydrogen) atoms. The van der Waals surface area contributed by atoms with Gasteiger partial charge in [0.05, 0.1) is 6.54 Å². The highest BCUT2D eigenvalue weighted by Gasteiger charge is 2.14. The van der Waals surface area contributed by atoms with Gasteiger partial charge in [-0.1, -0.05) is 13.8 Å². The first kappa shape index (κ1) is 14.8. The smallest absolute Gasteiger partial charge is 0.220 e. The topological polar surface area (TPSA) is 60.1 Å². The van der Waals surface area contributed by atoms with Crippen molar-refractivity contribution in [1.29, 1.82) is 0 Å². The second-order valence-corrected chi connectivity index (χ2v) is 5.32. The van der Waals surface area contributed by atoms with Crippen molar-refractivity contribution in [2.75, 3.05) is 6.54 Å². The molecule has 1 heterocycles. The van der Waals surface area contributed by atoms with Gasteiger partial charge in [-0.2, -0.15) is 0 Å². The van der Waals surface area contributed by atoms with E-state index in [9.17, 15) is 4.79 Å². The molecule has 0 bridgehead atoms. The van der Waals surface area contributed by atoms with Gasteiger partial charge in [-0.15, -0.1) is 0 Å². The van der Waals surface area contributed by atoms with E-state index in [1.54, 1.807) is 0 Å². The van der Waals surface area contributed by atoms with Crippen LogP contribution in [0.5, 0.6) is 0 Å². The molecule has 1 atom stereocenters. The van der Waals surface area contributed by atoms with Crippen LogP contribution in [0.4, 0.5) is 0 Å². The highest BCUT2D eigenvalue weighted by molar-refractivity contribution is 5.76. The molecule has 0 unspecified atom stereocenters. The molecule has 0 aliphatic heterocycles. The molecule has 4 nitrogen and oxygen atoms in total. The summed E-state index contributed by atoms with van der Waals surface area (Å²) in [4.78, 5) is 11.8. The molecule has 0 aliphatic rings. The molecule has 1 amide bonds. The van der Waals surface area contributed by atoms with Crippen LogP contribution in [-0.2, 0) is 18.4 Å². The van der Waals surface area contributed by atoms with Crippen LogP contribution in [0, 0.1) is 11.8 Å². The molecule has 0 spiro atoms. The SMILES string of the molecule is CC(C)C[C@H](CN)CC(=O)NCc1cccn1C. The fourth-order valence-corrected chi connectivity index (χ4v) is 2.13. The highest BCUT2D eigenvalue weighted by Crippen LogP contribution is 2.14. The lowest BCUT2D eigenvalue weighted by Gasteiger charge is -2.16. The summed E-state index contributed by atoms with van der Waals surface area (Å²) >= 11 is 0. The normalized spacial score (nSPS) is 12.7. The van der Waals surface area contributed by atoms with Crippen molar-refractivity contribution in [3.8, 4) is 0 Å². The van der Waals surface area contributed by atoms with Crippen LogP contribution in [0.25, 0.3) is 0 Å². The van der Waals surface area contributed by atoms with E-state index in [0.717, 1.165) is 12.1 Å². The Balaban J connectivity index is 2.34. The predicted octanol–water partition coefficient (Wildman–Crippen LogP) is 1.65. The number of aryl methyl sites for hydroxylation is 1. The maximum Gasteiger partial charge on any atom is 0.220 e. The Morgan fingerprint density at radius 3 is 2.72 bits per heavy atom. The second-order valence-electron chi connectivity index (χ2n) is 5.32. The fraction of sp³-hybridized carbons (Fsp3) is 0.643. The van der Waals surface area contributed by atoms with E-state index >= 15 is 0 Å². The van der Waals surface area contributed by atoms with Crippen LogP contribution in [0.2, 0.25) is 0 Å². The van der Waals surface area contributed by atoms with Gasteiger partial charge >= 0.3 is 0 Å². The largest absolute Gasteiger partial charge is 0.353 e. The Labute approximate surface area is 110 Å². The number of amides is 1. The molecule has 0 aromatic carbocycles. The van der Waals surface area contributed by atoms with Crippen molar-refractivity contribution in [3.05, 3.63) is 24.0 Å². The van der Waals surface area contributed by atoms with Crippen molar-refractivity contribution in [2.24, 2.45) is 24.6 Å². The number of hydrogen-bond acceptors (Lipinski definition) is 2. The minimum Gasteiger partial charge on any atom is -0.353 e. The van der Waals surface area contributed by atoms with Crippen LogP contribution >= 0.6 is 0 Å². The van der Waals surface area contributed by atoms with Crippen molar-refractivity contribution in [1.82, 2.24) is 9.88 Å². The molecule has 0 saturated heterocycles. The van der Waals surface area contributed by atoms with E-state index in [-0.39, 0.29) is 5.91 Å². The zero-order valence-electron chi connectivity index (χ0n) is 11.6. The van der Waals surface area contributed by atoms with E-state index in [2.05, 4.69) is 19.2 Å². The first-order valence-corrected chi connectivity index (χ1v) is 6.60. The zero-order chi connectivity index (χ0) is 13.5. The predicted molar refractivity (Wildman–Crippen MR) is 73.9 cm³/mol. The Morgan fingerprint density at radius 2 is 2.22 bits per heavy atom. The minimum absolute atomic E-state index is 0.0901. The van der Waals surface area contributed by atoms with Gasteiger partial charge in [0.1, 0.15) is 0 Å². The van der Waals surface area contributed by atoms with Crippen LogP contribution in [0.15, 0.2) is 18.3 Å². The summed E-state index contributed by atoms with van der Waals surface area (Å²) in [5.41, 5.74) is 6.81. The van der Waals surface area contributed by atoms with Crippen molar-refractivity contribution in [2.45, 2.75) is 33.2 Å². The Hall–Kier alpha value is -1.29. The Morgan fingerprint density at radius 1 is 1.50 bits per heavy atom.